The number of esters is 3. The fraction of sp³-hybridized carbons (Fsp3) is 0.877. The molecule has 0 aliphatic rings. The molecule has 63 heavy (non-hydrogen) atoms. The molecule has 1 unspecified atom stereocenters. The van der Waals surface area contributed by atoms with Gasteiger partial charge in [-0.15, -0.1) is 0 Å². The van der Waals surface area contributed by atoms with Gasteiger partial charge in [-0.05, 0) is 70.6 Å². The molecule has 0 rings (SSSR count). The summed E-state index contributed by atoms with van der Waals surface area (Å²) in [5.41, 5.74) is 0. The Kier molecular flexibility index (Phi) is 50.8. The molecule has 0 aromatic carbocycles. The Balaban J connectivity index is 3.97. The smallest absolute Gasteiger partial charge is 0.306 e. The third-order valence-electron chi connectivity index (χ3n) is 12.4. The van der Waals surface area contributed by atoms with Crippen molar-refractivity contribution >= 4 is 17.9 Å². The molecule has 0 spiro atoms. The molecule has 0 N–H and O–H groups in total. The molecule has 0 aromatic rings. The van der Waals surface area contributed by atoms with E-state index in [9.17, 15) is 14.4 Å². The Hall–Kier alpha value is -2.11. The number of hydrogen-bond acceptors (Lipinski definition) is 6. The maximum atomic E-state index is 12.7. The highest BCUT2D eigenvalue weighted by molar-refractivity contribution is 5.71. The molecule has 6 heteroatoms. The monoisotopic (exact) mass is 887 g/mol. The summed E-state index contributed by atoms with van der Waals surface area (Å²) in [5.74, 6) is -0.882. The first-order valence-electron chi connectivity index (χ1n) is 27.8. The van der Waals surface area contributed by atoms with E-state index in [0.29, 0.717) is 19.3 Å². The second-order valence-corrected chi connectivity index (χ2v) is 18.8. The first kappa shape index (κ1) is 60.9. The number of rotatable bonds is 51. The number of carbonyl (C=O) groups excluding carboxylic acids is 3. The average molecular weight is 887 g/mol. The van der Waals surface area contributed by atoms with Gasteiger partial charge in [0.2, 0.25) is 0 Å². The van der Waals surface area contributed by atoms with Gasteiger partial charge in [0.15, 0.2) is 6.10 Å². The quantitative estimate of drug-likeness (QED) is 0.0262. The molecule has 0 radical (unpaired) electrons. The van der Waals surface area contributed by atoms with Gasteiger partial charge in [0.05, 0.1) is 0 Å². The van der Waals surface area contributed by atoms with Gasteiger partial charge in [0.1, 0.15) is 13.2 Å². The van der Waals surface area contributed by atoms with E-state index in [-0.39, 0.29) is 31.1 Å². The molecule has 370 valence electrons. The van der Waals surface area contributed by atoms with Crippen LogP contribution in [0.4, 0.5) is 0 Å². The van der Waals surface area contributed by atoms with Gasteiger partial charge < -0.3 is 14.2 Å². The zero-order valence-corrected chi connectivity index (χ0v) is 42.4. The van der Waals surface area contributed by atoms with E-state index in [1.54, 1.807) is 0 Å². The summed E-state index contributed by atoms with van der Waals surface area (Å²) in [6.07, 6.45) is 60.8. The molecule has 0 aliphatic heterocycles. The van der Waals surface area contributed by atoms with Gasteiger partial charge >= 0.3 is 17.9 Å². The Bertz CT molecular complexity index is 1020. The highest BCUT2D eigenvalue weighted by atomic mass is 16.6. The lowest BCUT2D eigenvalue weighted by Gasteiger charge is -2.18. The lowest BCUT2D eigenvalue weighted by atomic mass is 10.0. The van der Waals surface area contributed by atoms with Crippen LogP contribution in [0.2, 0.25) is 0 Å². The maximum Gasteiger partial charge on any atom is 0.306 e. The van der Waals surface area contributed by atoms with Gasteiger partial charge in [-0.25, -0.2) is 0 Å². The van der Waals surface area contributed by atoms with Crippen molar-refractivity contribution in [1.82, 2.24) is 0 Å². The average Bonchev–Trinajstić information content (AvgIpc) is 3.28. The molecule has 1 atom stereocenters. The van der Waals surface area contributed by atoms with E-state index in [1.165, 1.54) is 193 Å². The van der Waals surface area contributed by atoms with Gasteiger partial charge in [-0.2, -0.15) is 0 Å². The van der Waals surface area contributed by atoms with Crippen molar-refractivity contribution in [1.29, 1.82) is 0 Å². The second-order valence-electron chi connectivity index (χ2n) is 18.8. The van der Waals surface area contributed by atoms with Crippen molar-refractivity contribution in [3.63, 3.8) is 0 Å². The van der Waals surface area contributed by atoms with E-state index >= 15 is 0 Å². The van der Waals surface area contributed by atoms with Gasteiger partial charge in [0.25, 0.3) is 0 Å². The van der Waals surface area contributed by atoms with Crippen LogP contribution in [0.5, 0.6) is 0 Å². The van der Waals surface area contributed by atoms with Crippen LogP contribution < -0.4 is 0 Å². The van der Waals surface area contributed by atoms with Gasteiger partial charge in [-0.3, -0.25) is 14.4 Å². The molecule has 0 amide bonds. The van der Waals surface area contributed by atoms with Crippen molar-refractivity contribution < 1.29 is 28.6 Å². The summed E-state index contributed by atoms with van der Waals surface area (Å²) in [5, 5.41) is 0. The number of hydrogen-bond donors (Lipinski definition) is 0. The maximum absolute atomic E-state index is 12.7. The molecule has 0 saturated carbocycles. The van der Waals surface area contributed by atoms with Crippen molar-refractivity contribution in [3.8, 4) is 0 Å². The van der Waals surface area contributed by atoms with Crippen LogP contribution >= 0.6 is 0 Å². The van der Waals surface area contributed by atoms with Crippen LogP contribution in [0.25, 0.3) is 0 Å². The first-order valence-corrected chi connectivity index (χ1v) is 27.8. The van der Waals surface area contributed by atoms with Gasteiger partial charge in [-0.1, -0.05) is 238 Å². The van der Waals surface area contributed by atoms with Crippen LogP contribution in [-0.4, -0.2) is 37.2 Å². The topological polar surface area (TPSA) is 78.9 Å². The van der Waals surface area contributed by atoms with E-state index in [0.717, 1.165) is 70.6 Å². The summed E-state index contributed by atoms with van der Waals surface area (Å²) in [7, 11) is 0. The highest BCUT2D eigenvalue weighted by Crippen LogP contribution is 2.16. The van der Waals surface area contributed by atoms with Crippen LogP contribution in [0.1, 0.15) is 303 Å². The molecule has 0 bridgehead atoms. The zero-order valence-electron chi connectivity index (χ0n) is 42.4. The molecule has 0 aliphatic carbocycles. The van der Waals surface area contributed by atoms with E-state index in [4.69, 9.17) is 14.2 Å². The highest BCUT2D eigenvalue weighted by Gasteiger charge is 2.19. The van der Waals surface area contributed by atoms with E-state index in [1.807, 2.05) is 0 Å². The summed E-state index contributed by atoms with van der Waals surface area (Å²) < 4.78 is 16.7. The Morgan fingerprint density at radius 2 is 0.524 bits per heavy atom. The van der Waals surface area contributed by atoms with Crippen molar-refractivity contribution in [2.75, 3.05) is 13.2 Å². The summed E-state index contributed by atoms with van der Waals surface area (Å²) >= 11 is 0. The third-order valence-corrected chi connectivity index (χ3v) is 12.4. The van der Waals surface area contributed by atoms with Crippen LogP contribution in [0, 0.1) is 0 Å². The Labute approximate surface area is 392 Å². The van der Waals surface area contributed by atoms with Crippen molar-refractivity contribution in [2.45, 2.75) is 309 Å². The first-order chi connectivity index (χ1) is 31.0. The van der Waals surface area contributed by atoms with E-state index in [2.05, 4.69) is 45.1 Å². The summed E-state index contributed by atoms with van der Waals surface area (Å²) in [4.78, 5) is 37.7. The standard InChI is InChI=1S/C57H106O6/c1-4-7-10-13-15-17-19-21-22-23-24-25-26-27-28-29-30-31-32-33-34-36-37-39-41-44-47-50-56(59)62-53-54(52-61-55(58)49-46-43-12-9-6-3)63-57(60)51-48-45-42-40-38-35-20-18-16-14-11-8-5-2/h18,20,23-24,54H,4-17,19,21-22,25-53H2,1-3H3/b20-18-,24-23-. The van der Waals surface area contributed by atoms with Crippen LogP contribution in [0.3, 0.4) is 0 Å². The molecule has 0 fully saturated rings. The molecule has 6 nitrogen and oxygen atoms in total. The fourth-order valence-electron chi connectivity index (χ4n) is 8.20. The number of unbranched alkanes of at least 4 members (excludes halogenated alkanes) is 36. The van der Waals surface area contributed by atoms with E-state index < -0.39 is 6.10 Å². The van der Waals surface area contributed by atoms with Crippen LogP contribution in [-0.2, 0) is 28.6 Å². The minimum atomic E-state index is -0.768. The minimum absolute atomic E-state index is 0.0716. The molecule has 0 aromatic heterocycles. The largest absolute Gasteiger partial charge is 0.462 e. The lowest BCUT2D eigenvalue weighted by molar-refractivity contribution is -0.167. The fourth-order valence-corrected chi connectivity index (χ4v) is 8.20. The molecule has 0 saturated heterocycles. The minimum Gasteiger partial charge on any atom is -0.462 e. The SMILES string of the molecule is CCCCCC/C=C\CCCCCCCC(=O)OC(COC(=O)CCCCCCC)COC(=O)CCCCCCCCCCCCCCCCC/C=C\CCCCCCCCCC. The lowest BCUT2D eigenvalue weighted by Crippen LogP contribution is -2.30. The number of ether oxygens (including phenoxy) is 3. The summed E-state index contributed by atoms with van der Waals surface area (Å²) in [6.45, 7) is 6.56. The van der Waals surface area contributed by atoms with Gasteiger partial charge in [0, 0.05) is 19.3 Å². The second kappa shape index (κ2) is 52.5. The predicted octanol–water partition coefficient (Wildman–Crippen LogP) is 18.3. The number of carbonyl (C=O) groups is 3. The predicted molar refractivity (Wildman–Crippen MR) is 270 cm³/mol. The Morgan fingerprint density at radius 3 is 0.810 bits per heavy atom. The zero-order chi connectivity index (χ0) is 45.8. The molecular weight excluding hydrogens is 781 g/mol. The Morgan fingerprint density at radius 1 is 0.302 bits per heavy atom. The normalized spacial score (nSPS) is 12.1. The molecular formula is C57H106O6. The molecule has 0 heterocycles. The van der Waals surface area contributed by atoms with Crippen molar-refractivity contribution in [2.24, 2.45) is 0 Å². The number of allylic oxidation sites excluding steroid dienone is 4. The third kappa shape index (κ3) is 50.7. The van der Waals surface area contributed by atoms with Crippen LogP contribution in [0.15, 0.2) is 24.3 Å². The van der Waals surface area contributed by atoms with Crippen molar-refractivity contribution in [3.05, 3.63) is 24.3 Å². The summed E-state index contributed by atoms with van der Waals surface area (Å²) in [6, 6.07) is 0.